The second kappa shape index (κ2) is 5.93. The molecule has 0 saturated heterocycles. The summed E-state index contributed by atoms with van der Waals surface area (Å²) in [5.74, 6) is 0.536. The lowest BCUT2D eigenvalue weighted by Crippen LogP contribution is -2.33. The van der Waals surface area contributed by atoms with Crippen LogP contribution < -0.4 is 5.73 Å². The van der Waals surface area contributed by atoms with Crippen molar-refractivity contribution in [3.05, 3.63) is 51.3 Å². The number of aryl methyl sites for hydroxylation is 2. The van der Waals surface area contributed by atoms with Gasteiger partial charge in [0.2, 0.25) is 0 Å². The SMILES string of the molecule is CCc1nn(C)c(CC(N)C2Cc3ccccc3C2)c1Br. The fourth-order valence-electron chi connectivity index (χ4n) is 3.33. The highest BCUT2D eigenvalue weighted by molar-refractivity contribution is 9.10. The fraction of sp³-hybridized carbons (Fsp3) is 0.471. The third-order valence-corrected chi connectivity index (χ3v) is 5.54. The van der Waals surface area contributed by atoms with Gasteiger partial charge in [-0.1, -0.05) is 31.2 Å². The van der Waals surface area contributed by atoms with E-state index in [9.17, 15) is 0 Å². The van der Waals surface area contributed by atoms with Gasteiger partial charge in [0.1, 0.15) is 0 Å². The molecule has 0 fully saturated rings. The second-order valence-corrected chi connectivity index (χ2v) is 6.78. The summed E-state index contributed by atoms with van der Waals surface area (Å²) < 4.78 is 3.11. The van der Waals surface area contributed by atoms with Crippen molar-refractivity contribution in [1.82, 2.24) is 9.78 Å². The van der Waals surface area contributed by atoms with E-state index in [1.165, 1.54) is 16.8 Å². The average Bonchev–Trinajstić information content (AvgIpc) is 3.03. The average molecular weight is 348 g/mol. The molecule has 21 heavy (non-hydrogen) atoms. The molecule has 3 rings (SSSR count). The minimum absolute atomic E-state index is 0.175. The Bertz CT molecular complexity index is 622. The smallest absolute Gasteiger partial charge is 0.0766 e. The number of nitrogens with two attached hydrogens (primary N) is 1. The Labute approximate surface area is 134 Å². The summed E-state index contributed by atoms with van der Waals surface area (Å²) in [5, 5.41) is 4.56. The van der Waals surface area contributed by atoms with Gasteiger partial charge >= 0.3 is 0 Å². The highest BCUT2D eigenvalue weighted by Gasteiger charge is 2.27. The maximum atomic E-state index is 6.52. The van der Waals surface area contributed by atoms with Crippen LogP contribution in [-0.2, 0) is 32.7 Å². The van der Waals surface area contributed by atoms with E-state index in [2.05, 4.69) is 52.2 Å². The van der Waals surface area contributed by atoms with Crippen molar-refractivity contribution in [2.75, 3.05) is 0 Å². The number of fused-ring (bicyclic) bond motifs is 1. The van der Waals surface area contributed by atoms with E-state index in [-0.39, 0.29) is 6.04 Å². The zero-order valence-corrected chi connectivity index (χ0v) is 14.2. The zero-order valence-electron chi connectivity index (χ0n) is 12.6. The van der Waals surface area contributed by atoms with E-state index in [0.29, 0.717) is 5.92 Å². The molecule has 2 aromatic rings. The molecule has 112 valence electrons. The summed E-state index contributed by atoms with van der Waals surface area (Å²) in [6.07, 6.45) is 4.03. The normalized spacial score (nSPS) is 16.2. The van der Waals surface area contributed by atoms with Crippen molar-refractivity contribution in [1.29, 1.82) is 0 Å². The highest BCUT2D eigenvalue weighted by Crippen LogP contribution is 2.30. The Morgan fingerprint density at radius 2 is 1.95 bits per heavy atom. The molecule has 1 atom stereocenters. The minimum atomic E-state index is 0.175. The van der Waals surface area contributed by atoms with Gasteiger partial charge in [0.15, 0.2) is 0 Å². The minimum Gasteiger partial charge on any atom is -0.327 e. The Balaban J connectivity index is 1.74. The summed E-state index contributed by atoms with van der Waals surface area (Å²) in [7, 11) is 2.01. The van der Waals surface area contributed by atoms with Crippen LogP contribution in [0.2, 0.25) is 0 Å². The molecule has 0 aliphatic heterocycles. The van der Waals surface area contributed by atoms with E-state index in [1.54, 1.807) is 0 Å². The van der Waals surface area contributed by atoms with Gasteiger partial charge in [0, 0.05) is 19.5 Å². The van der Waals surface area contributed by atoms with Crippen molar-refractivity contribution in [2.45, 2.75) is 38.6 Å². The second-order valence-electron chi connectivity index (χ2n) is 5.99. The lowest BCUT2D eigenvalue weighted by molar-refractivity contribution is 0.428. The van der Waals surface area contributed by atoms with Crippen molar-refractivity contribution >= 4 is 15.9 Å². The third-order valence-electron chi connectivity index (χ3n) is 4.62. The number of rotatable bonds is 4. The zero-order chi connectivity index (χ0) is 15.0. The maximum absolute atomic E-state index is 6.52. The molecule has 0 bridgehead atoms. The topological polar surface area (TPSA) is 43.8 Å². The van der Waals surface area contributed by atoms with Gasteiger partial charge < -0.3 is 5.73 Å². The molecule has 1 aromatic heterocycles. The van der Waals surface area contributed by atoms with Gasteiger partial charge in [-0.2, -0.15) is 5.10 Å². The summed E-state index contributed by atoms with van der Waals surface area (Å²) in [6, 6.07) is 8.89. The van der Waals surface area contributed by atoms with E-state index in [0.717, 1.165) is 35.8 Å². The number of aromatic nitrogens is 2. The number of hydrogen-bond acceptors (Lipinski definition) is 2. The van der Waals surface area contributed by atoms with Crippen LogP contribution in [0.4, 0.5) is 0 Å². The molecule has 1 heterocycles. The summed E-state index contributed by atoms with van der Waals surface area (Å²) >= 11 is 3.69. The molecular weight excluding hydrogens is 326 g/mol. The van der Waals surface area contributed by atoms with E-state index in [1.807, 2.05) is 11.7 Å². The first-order chi connectivity index (χ1) is 10.1. The van der Waals surface area contributed by atoms with E-state index in [4.69, 9.17) is 5.73 Å². The Morgan fingerprint density at radius 3 is 2.48 bits per heavy atom. The van der Waals surface area contributed by atoms with Crippen LogP contribution >= 0.6 is 15.9 Å². The van der Waals surface area contributed by atoms with E-state index >= 15 is 0 Å². The van der Waals surface area contributed by atoms with Crippen LogP contribution in [0.1, 0.15) is 29.4 Å². The molecule has 2 N–H and O–H groups in total. The molecule has 1 aliphatic rings. The van der Waals surface area contributed by atoms with Crippen molar-refractivity contribution in [3.8, 4) is 0 Å². The molecule has 1 unspecified atom stereocenters. The number of hydrogen-bond donors (Lipinski definition) is 1. The summed E-state index contributed by atoms with van der Waals surface area (Å²) in [4.78, 5) is 0. The fourth-order valence-corrected chi connectivity index (χ4v) is 4.11. The Morgan fingerprint density at radius 1 is 1.33 bits per heavy atom. The summed E-state index contributed by atoms with van der Waals surface area (Å²) in [5.41, 5.74) is 11.8. The Kier molecular flexibility index (Phi) is 4.18. The molecule has 3 nitrogen and oxygen atoms in total. The van der Waals surface area contributed by atoms with Crippen LogP contribution in [0.3, 0.4) is 0 Å². The van der Waals surface area contributed by atoms with Crippen LogP contribution in [0.5, 0.6) is 0 Å². The predicted octanol–water partition coefficient (Wildman–Crippen LogP) is 3.03. The van der Waals surface area contributed by atoms with Gasteiger partial charge in [0.25, 0.3) is 0 Å². The molecule has 0 spiro atoms. The molecular formula is C17H22BrN3. The standard InChI is InChI=1S/C17H22BrN3/c1-3-15-17(18)16(21(2)20-15)10-14(19)13-8-11-6-4-5-7-12(11)9-13/h4-7,13-14H,3,8-10,19H2,1-2H3. The van der Waals surface area contributed by atoms with Crippen molar-refractivity contribution in [2.24, 2.45) is 18.7 Å². The monoisotopic (exact) mass is 347 g/mol. The third kappa shape index (κ3) is 2.79. The lowest BCUT2D eigenvalue weighted by Gasteiger charge is -2.19. The quantitative estimate of drug-likeness (QED) is 0.923. The van der Waals surface area contributed by atoms with Crippen molar-refractivity contribution < 1.29 is 0 Å². The van der Waals surface area contributed by atoms with Crippen LogP contribution in [-0.4, -0.2) is 15.8 Å². The van der Waals surface area contributed by atoms with Gasteiger partial charge in [-0.15, -0.1) is 0 Å². The summed E-state index contributed by atoms with van der Waals surface area (Å²) in [6.45, 7) is 2.13. The molecule has 0 saturated carbocycles. The largest absolute Gasteiger partial charge is 0.327 e. The van der Waals surface area contributed by atoms with Crippen LogP contribution in [0.15, 0.2) is 28.7 Å². The van der Waals surface area contributed by atoms with Crippen LogP contribution in [0, 0.1) is 5.92 Å². The molecule has 4 heteroatoms. The first-order valence-electron chi connectivity index (χ1n) is 7.62. The Hall–Kier alpha value is -1.13. The number of nitrogens with zero attached hydrogens (tertiary/aromatic N) is 2. The number of halogens is 1. The van der Waals surface area contributed by atoms with Crippen molar-refractivity contribution in [3.63, 3.8) is 0 Å². The van der Waals surface area contributed by atoms with Gasteiger partial charge in [0.05, 0.1) is 15.9 Å². The predicted molar refractivity (Wildman–Crippen MR) is 89.3 cm³/mol. The maximum Gasteiger partial charge on any atom is 0.0766 e. The highest BCUT2D eigenvalue weighted by atomic mass is 79.9. The van der Waals surface area contributed by atoms with Crippen LogP contribution in [0.25, 0.3) is 0 Å². The first kappa shape index (κ1) is 14.8. The molecule has 0 amide bonds. The van der Waals surface area contributed by atoms with Gasteiger partial charge in [-0.25, -0.2) is 0 Å². The lowest BCUT2D eigenvalue weighted by atomic mass is 9.93. The molecule has 1 aliphatic carbocycles. The van der Waals surface area contributed by atoms with Gasteiger partial charge in [-0.05, 0) is 52.2 Å². The number of benzene rings is 1. The van der Waals surface area contributed by atoms with Gasteiger partial charge in [-0.3, -0.25) is 4.68 Å². The first-order valence-corrected chi connectivity index (χ1v) is 8.42. The molecule has 1 aromatic carbocycles. The molecule has 0 radical (unpaired) electrons. The van der Waals surface area contributed by atoms with E-state index < -0.39 is 0 Å².